The van der Waals surface area contributed by atoms with Gasteiger partial charge in [0.2, 0.25) is 0 Å². The highest BCUT2D eigenvalue weighted by Crippen LogP contribution is 2.26. The molecule has 1 saturated heterocycles. The Morgan fingerprint density at radius 2 is 1.76 bits per heavy atom. The summed E-state index contributed by atoms with van der Waals surface area (Å²) >= 11 is 0. The van der Waals surface area contributed by atoms with Crippen molar-refractivity contribution in [1.82, 2.24) is 29.8 Å². The Hall–Kier alpha value is -4.04. The fraction of sp³-hybridized carbons (Fsp3) is 0.310. The van der Waals surface area contributed by atoms with E-state index in [9.17, 15) is 0 Å². The van der Waals surface area contributed by atoms with Crippen molar-refractivity contribution in [3.05, 3.63) is 77.9 Å². The summed E-state index contributed by atoms with van der Waals surface area (Å²) < 4.78 is 2.04. The second kappa shape index (κ2) is 10.9. The molecule has 2 aromatic carbocycles. The van der Waals surface area contributed by atoms with E-state index in [4.69, 9.17) is 4.98 Å². The molecule has 1 aliphatic heterocycles. The Morgan fingerprint density at radius 1 is 0.919 bits per heavy atom. The first-order valence-corrected chi connectivity index (χ1v) is 13.0. The number of aromatic nitrogens is 5. The number of hydrogen-bond acceptors (Lipinski definition) is 7. The first-order valence-electron chi connectivity index (χ1n) is 13.0. The molecular formula is C29H34N8. The summed E-state index contributed by atoms with van der Waals surface area (Å²) in [6.45, 7) is 9.99. The molecule has 0 bridgehead atoms. The summed E-state index contributed by atoms with van der Waals surface area (Å²) in [4.78, 5) is 20.6. The van der Waals surface area contributed by atoms with Gasteiger partial charge in [0.15, 0.2) is 5.82 Å². The van der Waals surface area contributed by atoms with Crippen LogP contribution in [0.25, 0.3) is 22.1 Å². The molecule has 0 spiro atoms. The Morgan fingerprint density at radius 3 is 2.57 bits per heavy atom. The number of rotatable bonds is 5. The van der Waals surface area contributed by atoms with Crippen LogP contribution < -0.4 is 15.5 Å². The van der Waals surface area contributed by atoms with E-state index in [2.05, 4.69) is 73.8 Å². The van der Waals surface area contributed by atoms with E-state index in [1.807, 2.05) is 43.9 Å². The fourth-order valence-electron chi connectivity index (χ4n) is 4.71. The second-order valence-corrected chi connectivity index (χ2v) is 9.12. The summed E-state index contributed by atoms with van der Waals surface area (Å²) in [5, 5.41) is 6.87. The van der Waals surface area contributed by atoms with Crippen molar-refractivity contribution in [2.24, 2.45) is 7.05 Å². The van der Waals surface area contributed by atoms with Gasteiger partial charge in [-0.05, 0) is 66.4 Å². The van der Waals surface area contributed by atoms with Crippen molar-refractivity contribution >= 4 is 39.4 Å². The largest absolute Gasteiger partial charge is 0.354 e. The molecule has 0 atom stereocenters. The van der Waals surface area contributed by atoms with Crippen LogP contribution in [0, 0.1) is 6.92 Å². The van der Waals surface area contributed by atoms with Crippen LogP contribution in [-0.4, -0.2) is 50.7 Å². The van der Waals surface area contributed by atoms with Crippen molar-refractivity contribution in [3.63, 3.8) is 0 Å². The van der Waals surface area contributed by atoms with E-state index in [-0.39, 0.29) is 0 Å². The van der Waals surface area contributed by atoms with Gasteiger partial charge in [0.1, 0.15) is 17.7 Å². The fourth-order valence-corrected chi connectivity index (χ4v) is 4.71. The van der Waals surface area contributed by atoms with Gasteiger partial charge in [-0.15, -0.1) is 0 Å². The van der Waals surface area contributed by atoms with Crippen LogP contribution in [-0.2, 0) is 13.5 Å². The lowest BCUT2D eigenvalue weighted by Gasteiger charge is -2.28. The number of imidazole rings is 1. The van der Waals surface area contributed by atoms with Crippen molar-refractivity contribution in [2.45, 2.75) is 27.2 Å². The Balaban J connectivity index is 0.00000137. The molecule has 0 radical (unpaired) electrons. The molecule has 2 N–H and O–H groups in total. The maximum atomic E-state index is 4.92. The van der Waals surface area contributed by atoms with Crippen LogP contribution in [0.3, 0.4) is 0 Å². The van der Waals surface area contributed by atoms with E-state index in [0.717, 1.165) is 72.0 Å². The first kappa shape index (κ1) is 24.6. The van der Waals surface area contributed by atoms with E-state index < -0.39 is 0 Å². The summed E-state index contributed by atoms with van der Waals surface area (Å²) in [6.07, 6.45) is 4.31. The minimum absolute atomic E-state index is 0.722. The van der Waals surface area contributed by atoms with Crippen LogP contribution in [0.1, 0.15) is 30.5 Å². The molecule has 8 nitrogen and oxygen atoms in total. The molecule has 0 saturated carbocycles. The lowest BCUT2D eigenvalue weighted by Crippen LogP contribution is -2.43. The van der Waals surface area contributed by atoms with Gasteiger partial charge in [0.25, 0.3) is 0 Å². The van der Waals surface area contributed by atoms with Crippen molar-refractivity contribution in [3.8, 4) is 0 Å². The average molecular weight is 495 g/mol. The van der Waals surface area contributed by atoms with Crippen LogP contribution in [0.5, 0.6) is 0 Å². The van der Waals surface area contributed by atoms with Gasteiger partial charge in [0, 0.05) is 38.9 Å². The number of benzene rings is 2. The monoisotopic (exact) mass is 494 g/mol. The summed E-state index contributed by atoms with van der Waals surface area (Å²) in [7, 11) is 2.02. The Kier molecular flexibility index (Phi) is 7.28. The molecule has 0 amide bonds. The highest BCUT2D eigenvalue weighted by molar-refractivity contribution is 5.88. The molecule has 190 valence electrons. The molecule has 3 aromatic heterocycles. The molecule has 5 aromatic rings. The number of hydrogen-bond donors (Lipinski definition) is 2. The van der Waals surface area contributed by atoms with Crippen LogP contribution >= 0.6 is 0 Å². The second-order valence-electron chi connectivity index (χ2n) is 9.12. The number of anilines is 3. The van der Waals surface area contributed by atoms with Crippen molar-refractivity contribution in [1.29, 1.82) is 0 Å². The van der Waals surface area contributed by atoms with Crippen LogP contribution in [0.4, 0.5) is 17.3 Å². The van der Waals surface area contributed by atoms with Crippen molar-refractivity contribution < 1.29 is 0 Å². The highest BCUT2D eigenvalue weighted by Gasteiger charge is 2.14. The molecular weight excluding hydrogens is 460 g/mol. The summed E-state index contributed by atoms with van der Waals surface area (Å²) in [5.41, 5.74) is 8.56. The maximum Gasteiger partial charge on any atom is 0.160 e. The lowest BCUT2D eigenvalue weighted by molar-refractivity contribution is 0.585. The van der Waals surface area contributed by atoms with E-state index in [1.165, 1.54) is 16.7 Å². The third kappa shape index (κ3) is 5.24. The zero-order valence-electron chi connectivity index (χ0n) is 22.0. The smallest absolute Gasteiger partial charge is 0.160 e. The zero-order chi connectivity index (χ0) is 25.8. The summed E-state index contributed by atoms with van der Waals surface area (Å²) in [6, 6.07) is 17.0. The van der Waals surface area contributed by atoms with E-state index >= 15 is 0 Å². The Labute approximate surface area is 217 Å². The number of aryl methyl sites for hydroxylation is 2. The van der Waals surface area contributed by atoms with Crippen molar-refractivity contribution in [2.75, 3.05) is 36.4 Å². The molecule has 1 fully saturated rings. The van der Waals surface area contributed by atoms with Gasteiger partial charge in [-0.1, -0.05) is 26.0 Å². The zero-order valence-corrected chi connectivity index (χ0v) is 22.0. The molecule has 6 rings (SSSR count). The van der Waals surface area contributed by atoms with Gasteiger partial charge in [-0.2, -0.15) is 0 Å². The number of nitrogens with one attached hydrogen (secondary N) is 2. The third-order valence-corrected chi connectivity index (χ3v) is 6.70. The summed E-state index contributed by atoms with van der Waals surface area (Å²) in [5.74, 6) is 1.69. The molecule has 0 aliphatic carbocycles. The highest BCUT2D eigenvalue weighted by atomic mass is 15.2. The molecule has 8 heteroatoms. The molecule has 0 unspecified atom stereocenters. The SMILES string of the molecule is CC.Cc1cc(Nc2ncnc3ccc(N4CCNCC4)nc23)ccc1Cc1ccc2c(c1)ncn2C. The lowest BCUT2D eigenvalue weighted by atomic mass is 9.99. The average Bonchev–Trinajstić information content (AvgIpc) is 3.31. The molecule has 37 heavy (non-hydrogen) atoms. The quantitative estimate of drug-likeness (QED) is 0.356. The topological polar surface area (TPSA) is 83.8 Å². The third-order valence-electron chi connectivity index (χ3n) is 6.70. The van der Waals surface area contributed by atoms with Gasteiger partial charge in [-0.25, -0.2) is 19.9 Å². The van der Waals surface area contributed by atoms with Crippen LogP contribution in [0.2, 0.25) is 0 Å². The normalized spacial score (nSPS) is 13.5. The van der Waals surface area contributed by atoms with Gasteiger partial charge in [0.05, 0.1) is 22.9 Å². The number of piperazine rings is 1. The minimum atomic E-state index is 0.722. The first-order chi connectivity index (χ1) is 18.1. The minimum Gasteiger partial charge on any atom is -0.354 e. The van der Waals surface area contributed by atoms with Gasteiger partial charge < -0.3 is 20.1 Å². The Bertz CT molecular complexity index is 1520. The number of fused-ring (bicyclic) bond motifs is 2. The predicted octanol–water partition coefficient (Wildman–Crippen LogP) is 4.99. The number of nitrogens with zero attached hydrogens (tertiary/aromatic N) is 6. The molecule has 1 aliphatic rings. The van der Waals surface area contributed by atoms with E-state index in [0.29, 0.717) is 0 Å². The maximum absolute atomic E-state index is 4.92. The van der Waals surface area contributed by atoms with Gasteiger partial charge in [-0.3, -0.25) is 0 Å². The standard InChI is InChI=1S/C27H28N8.C2H6/c1-18-13-21(5-4-20(18)14-19-3-7-24-23(15-19)31-17-34(24)2)32-27-26-22(29-16-30-27)6-8-25(33-26)35-11-9-28-10-12-35;1-2/h3-8,13,15-17,28H,9-12,14H2,1-2H3,(H,29,30,32);1-2H3. The molecule has 4 heterocycles. The predicted molar refractivity (Wildman–Crippen MR) is 152 cm³/mol. The van der Waals surface area contributed by atoms with Gasteiger partial charge >= 0.3 is 0 Å². The number of pyridine rings is 1. The van der Waals surface area contributed by atoms with Crippen LogP contribution in [0.15, 0.2) is 61.2 Å². The van der Waals surface area contributed by atoms with E-state index in [1.54, 1.807) is 6.33 Å².